The molecule has 1 amide bonds. The van der Waals surface area contributed by atoms with Crippen LogP contribution in [-0.2, 0) is 9.53 Å². The van der Waals surface area contributed by atoms with Gasteiger partial charge in [-0.25, -0.2) is 9.78 Å². The monoisotopic (exact) mass is 560 g/mol. The van der Waals surface area contributed by atoms with E-state index >= 15 is 0 Å². The highest BCUT2D eigenvalue weighted by Gasteiger charge is 2.27. The van der Waals surface area contributed by atoms with Gasteiger partial charge in [0.2, 0.25) is 6.10 Å². The zero-order chi connectivity index (χ0) is 29.6. The number of hydrogen-bond acceptors (Lipinski definition) is 7. The molecule has 1 unspecified atom stereocenters. The number of carbonyl (C=O) groups is 3. The van der Waals surface area contributed by atoms with E-state index in [-0.39, 0.29) is 11.3 Å². The van der Waals surface area contributed by atoms with Crippen LogP contribution in [0.15, 0.2) is 103 Å². The van der Waals surface area contributed by atoms with Crippen LogP contribution in [0.25, 0.3) is 22.2 Å². The lowest BCUT2D eigenvalue weighted by Gasteiger charge is -2.19. The fraction of sp³-hybridized carbons (Fsp3) is 0.118. The van der Waals surface area contributed by atoms with Crippen LogP contribution in [0.1, 0.15) is 39.3 Å². The number of carbonyl (C=O) groups excluding carboxylic acids is 3. The smallest absolute Gasteiger partial charge is 0.340 e. The van der Waals surface area contributed by atoms with Crippen molar-refractivity contribution in [3.05, 3.63) is 120 Å². The van der Waals surface area contributed by atoms with Crippen molar-refractivity contribution in [1.82, 2.24) is 4.98 Å². The molecule has 5 aromatic rings. The molecule has 0 saturated heterocycles. The SMILES string of the molecule is COc1ccc(-c2cc(C(=O)OC(C(=O)Nc3cccc(C(C)=O)c3)c3ccccc3)c3ccccc3n2)cc1OC. The molecule has 210 valence electrons. The first-order valence-electron chi connectivity index (χ1n) is 13.2. The number of ether oxygens (including phenoxy) is 3. The van der Waals surface area contributed by atoms with Crippen LogP contribution < -0.4 is 14.8 Å². The molecule has 5 rings (SSSR count). The Morgan fingerprint density at radius 1 is 0.762 bits per heavy atom. The summed E-state index contributed by atoms with van der Waals surface area (Å²) in [4.78, 5) is 44.0. The standard InChI is InChI=1S/C34H28N2O6/c1-21(37)23-12-9-13-25(18-23)35-33(38)32(22-10-5-4-6-11-22)42-34(39)27-20-29(36-28-15-8-7-14-26(27)28)24-16-17-30(40-2)31(19-24)41-3/h4-20,32H,1-3H3,(H,35,38). The minimum atomic E-state index is -1.27. The summed E-state index contributed by atoms with van der Waals surface area (Å²) in [6, 6.07) is 29.6. The largest absolute Gasteiger partial charge is 0.493 e. The molecule has 1 aromatic heterocycles. The topological polar surface area (TPSA) is 104 Å². The number of pyridine rings is 1. The van der Waals surface area contributed by atoms with Gasteiger partial charge >= 0.3 is 5.97 Å². The first kappa shape index (κ1) is 28.0. The van der Waals surface area contributed by atoms with E-state index in [1.807, 2.05) is 18.2 Å². The van der Waals surface area contributed by atoms with Gasteiger partial charge in [0.05, 0.1) is 31.0 Å². The first-order chi connectivity index (χ1) is 20.4. The fourth-order valence-corrected chi connectivity index (χ4v) is 4.58. The van der Waals surface area contributed by atoms with Gasteiger partial charge in [0.1, 0.15) is 0 Å². The summed E-state index contributed by atoms with van der Waals surface area (Å²) in [6.07, 6.45) is -1.27. The number of anilines is 1. The Balaban J connectivity index is 1.52. The molecule has 42 heavy (non-hydrogen) atoms. The number of hydrogen-bond donors (Lipinski definition) is 1. The Kier molecular flexibility index (Phi) is 8.24. The van der Waals surface area contributed by atoms with Crippen molar-refractivity contribution in [2.24, 2.45) is 0 Å². The Labute approximate surface area is 242 Å². The summed E-state index contributed by atoms with van der Waals surface area (Å²) in [5, 5.41) is 3.36. The number of benzene rings is 4. The number of amides is 1. The van der Waals surface area contributed by atoms with E-state index in [0.29, 0.717) is 50.5 Å². The molecule has 0 bridgehead atoms. The number of nitrogens with zero attached hydrogens (tertiary/aromatic N) is 1. The predicted octanol–water partition coefficient (Wildman–Crippen LogP) is 6.66. The van der Waals surface area contributed by atoms with Gasteiger partial charge < -0.3 is 19.5 Å². The number of aromatic nitrogens is 1. The minimum Gasteiger partial charge on any atom is -0.493 e. The fourth-order valence-electron chi connectivity index (χ4n) is 4.58. The van der Waals surface area contributed by atoms with Crippen LogP contribution in [0.2, 0.25) is 0 Å². The molecule has 0 aliphatic carbocycles. The van der Waals surface area contributed by atoms with Crippen molar-refractivity contribution in [3.8, 4) is 22.8 Å². The summed E-state index contributed by atoms with van der Waals surface area (Å²) in [5.41, 5.74) is 3.40. The Morgan fingerprint density at radius 3 is 2.24 bits per heavy atom. The van der Waals surface area contributed by atoms with Gasteiger partial charge in [-0.15, -0.1) is 0 Å². The normalized spacial score (nSPS) is 11.4. The van der Waals surface area contributed by atoms with Crippen molar-refractivity contribution < 1.29 is 28.6 Å². The summed E-state index contributed by atoms with van der Waals surface area (Å²) in [5.74, 6) is -0.312. The minimum absolute atomic E-state index is 0.132. The third-order valence-electron chi connectivity index (χ3n) is 6.72. The molecule has 1 atom stereocenters. The summed E-state index contributed by atoms with van der Waals surface area (Å²) in [7, 11) is 3.10. The van der Waals surface area contributed by atoms with Gasteiger partial charge in [-0.1, -0.05) is 60.7 Å². The zero-order valence-electron chi connectivity index (χ0n) is 23.3. The van der Waals surface area contributed by atoms with Crippen LogP contribution in [0, 0.1) is 0 Å². The molecule has 0 fully saturated rings. The molecule has 0 radical (unpaired) electrons. The molecule has 0 aliphatic rings. The lowest BCUT2D eigenvalue weighted by atomic mass is 10.0. The maximum Gasteiger partial charge on any atom is 0.340 e. The summed E-state index contributed by atoms with van der Waals surface area (Å²) < 4.78 is 16.7. The summed E-state index contributed by atoms with van der Waals surface area (Å²) >= 11 is 0. The second kappa shape index (κ2) is 12.3. The number of para-hydroxylation sites is 1. The molecule has 4 aromatic carbocycles. The van der Waals surface area contributed by atoms with Crippen molar-refractivity contribution >= 4 is 34.3 Å². The van der Waals surface area contributed by atoms with Crippen molar-refractivity contribution in [2.75, 3.05) is 19.5 Å². The number of fused-ring (bicyclic) bond motifs is 1. The van der Waals surface area contributed by atoms with Crippen molar-refractivity contribution in [1.29, 1.82) is 0 Å². The number of rotatable bonds is 9. The number of Topliss-reactive ketones (excluding diaryl/α,β-unsaturated/α-hetero) is 1. The van der Waals surface area contributed by atoms with Gasteiger partial charge in [-0.3, -0.25) is 9.59 Å². The van der Waals surface area contributed by atoms with E-state index in [4.69, 9.17) is 19.2 Å². The van der Waals surface area contributed by atoms with Gasteiger partial charge in [0, 0.05) is 27.8 Å². The van der Waals surface area contributed by atoms with Crippen LogP contribution in [-0.4, -0.2) is 36.9 Å². The Morgan fingerprint density at radius 2 is 1.50 bits per heavy atom. The zero-order valence-corrected chi connectivity index (χ0v) is 23.3. The molecular weight excluding hydrogens is 532 g/mol. The molecule has 0 saturated carbocycles. The van der Waals surface area contributed by atoms with Crippen molar-refractivity contribution in [2.45, 2.75) is 13.0 Å². The third kappa shape index (κ3) is 5.97. The van der Waals surface area contributed by atoms with E-state index in [0.717, 1.165) is 0 Å². The second-order valence-corrected chi connectivity index (χ2v) is 9.46. The van der Waals surface area contributed by atoms with E-state index in [1.165, 1.54) is 6.92 Å². The van der Waals surface area contributed by atoms with Gasteiger partial charge in [0.15, 0.2) is 17.3 Å². The average molecular weight is 561 g/mol. The van der Waals surface area contributed by atoms with Crippen LogP contribution >= 0.6 is 0 Å². The quantitative estimate of drug-likeness (QED) is 0.159. The highest BCUT2D eigenvalue weighted by atomic mass is 16.5. The molecule has 0 aliphatic heterocycles. The average Bonchev–Trinajstić information content (AvgIpc) is 3.03. The highest BCUT2D eigenvalue weighted by Crippen LogP contribution is 2.34. The van der Waals surface area contributed by atoms with Crippen LogP contribution in [0.4, 0.5) is 5.69 Å². The first-order valence-corrected chi connectivity index (χ1v) is 13.2. The maximum absolute atomic E-state index is 13.8. The van der Waals surface area contributed by atoms with E-state index in [2.05, 4.69) is 5.32 Å². The van der Waals surface area contributed by atoms with E-state index in [1.54, 1.807) is 99.1 Å². The van der Waals surface area contributed by atoms with Gasteiger partial charge in [-0.2, -0.15) is 0 Å². The molecule has 1 N–H and O–H groups in total. The third-order valence-corrected chi connectivity index (χ3v) is 6.72. The van der Waals surface area contributed by atoms with Crippen molar-refractivity contribution in [3.63, 3.8) is 0 Å². The molecule has 8 heteroatoms. The molecule has 0 spiro atoms. The number of nitrogens with one attached hydrogen (secondary N) is 1. The van der Waals surface area contributed by atoms with E-state index in [9.17, 15) is 14.4 Å². The second-order valence-electron chi connectivity index (χ2n) is 9.46. The van der Waals surface area contributed by atoms with Crippen LogP contribution in [0.5, 0.6) is 11.5 Å². The Hall–Kier alpha value is -5.50. The maximum atomic E-state index is 13.8. The highest BCUT2D eigenvalue weighted by molar-refractivity contribution is 6.06. The molecular formula is C34H28N2O6. The van der Waals surface area contributed by atoms with Gasteiger partial charge in [-0.05, 0) is 49.4 Å². The predicted molar refractivity (Wildman–Crippen MR) is 160 cm³/mol. The lowest BCUT2D eigenvalue weighted by Crippen LogP contribution is -2.26. The molecule has 8 nitrogen and oxygen atoms in total. The molecule has 1 heterocycles. The lowest BCUT2D eigenvalue weighted by molar-refractivity contribution is -0.125. The van der Waals surface area contributed by atoms with Crippen LogP contribution in [0.3, 0.4) is 0 Å². The number of esters is 1. The summed E-state index contributed by atoms with van der Waals surface area (Å²) in [6.45, 7) is 1.45. The Bertz CT molecular complexity index is 1780. The number of methoxy groups -OCH3 is 2. The van der Waals surface area contributed by atoms with Gasteiger partial charge in [0.25, 0.3) is 5.91 Å². The number of ketones is 1. The van der Waals surface area contributed by atoms with E-state index < -0.39 is 18.0 Å².